The molecule has 2 aromatic rings. The number of hydrogen-bond donors (Lipinski definition) is 2. The molecule has 0 bridgehead atoms. The third-order valence-corrected chi connectivity index (χ3v) is 4.73. The summed E-state index contributed by atoms with van der Waals surface area (Å²) in [5.74, 6) is -0.870. The van der Waals surface area contributed by atoms with E-state index in [1.54, 1.807) is 6.07 Å². The first-order valence-corrected chi connectivity index (χ1v) is 7.80. The minimum Gasteiger partial charge on any atom is -0.459 e. The highest BCUT2D eigenvalue weighted by molar-refractivity contribution is 7.17. The van der Waals surface area contributed by atoms with Crippen molar-refractivity contribution in [3.8, 4) is 0 Å². The Labute approximate surface area is 135 Å². The molecule has 0 radical (unpaired) electrons. The summed E-state index contributed by atoms with van der Waals surface area (Å²) in [7, 11) is 1.18. The number of imide groups is 1. The minimum absolute atomic E-state index is 0.151. The maximum absolute atomic E-state index is 12.3. The number of fused-ring (bicyclic) bond motifs is 1. The van der Waals surface area contributed by atoms with E-state index in [0.717, 1.165) is 29.7 Å². The van der Waals surface area contributed by atoms with Gasteiger partial charge in [-0.3, -0.25) is 14.9 Å². The molecule has 3 amide bonds. The van der Waals surface area contributed by atoms with E-state index in [0.29, 0.717) is 10.6 Å². The molecule has 0 unspecified atom stereocenters. The maximum Gasteiger partial charge on any atom is 0.413 e. The standard InChI is InChI=1S/C15H14N2O5S/c1-21-15(20)17-13(19)11-8-4-2-6-10(8)23-14(11)16-12(18)9-5-3-7-22-9/h3,5,7H,2,4,6H2,1H3,(H,16,18)(H,17,19,20). The first-order valence-electron chi connectivity index (χ1n) is 6.99. The summed E-state index contributed by atoms with van der Waals surface area (Å²) in [4.78, 5) is 36.8. The van der Waals surface area contributed by atoms with Crippen molar-refractivity contribution < 1.29 is 23.5 Å². The van der Waals surface area contributed by atoms with Gasteiger partial charge in [-0.05, 0) is 37.0 Å². The van der Waals surface area contributed by atoms with E-state index < -0.39 is 17.9 Å². The van der Waals surface area contributed by atoms with Crippen LogP contribution in [0.15, 0.2) is 22.8 Å². The molecule has 23 heavy (non-hydrogen) atoms. The van der Waals surface area contributed by atoms with Gasteiger partial charge in [0.2, 0.25) is 0 Å². The fourth-order valence-corrected chi connectivity index (χ4v) is 3.79. The van der Waals surface area contributed by atoms with Crippen molar-refractivity contribution in [1.82, 2.24) is 5.32 Å². The zero-order chi connectivity index (χ0) is 16.4. The normalized spacial score (nSPS) is 12.6. The van der Waals surface area contributed by atoms with Crippen molar-refractivity contribution in [1.29, 1.82) is 0 Å². The molecule has 2 aromatic heterocycles. The number of hydrogen-bond acceptors (Lipinski definition) is 6. The number of nitrogens with one attached hydrogen (secondary N) is 2. The second kappa shape index (κ2) is 6.25. The third-order valence-electron chi connectivity index (χ3n) is 3.52. The molecule has 8 heteroatoms. The Hall–Kier alpha value is -2.61. The Bertz CT molecular complexity index is 763. The number of anilines is 1. The van der Waals surface area contributed by atoms with Crippen LogP contribution in [-0.2, 0) is 17.6 Å². The highest BCUT2D eigenvalue weighted by Gasteiger charge is 2.28. The molecule has 2 heterocycles. The van der Waals surface area contributed by atoms with Crippen LogP contribution in [0.5, 0.6) is 0 Å². The van der Waals surface area contributed by atoms with E-state index in [9.17, 15) is 14.4 Å². The molecular weight excluding hydrogens is 320 g/mol. The second-order valence-corrected chi connectivity index (χ2v) is 6.04. The van der Waals surface area contributed by atoms with Gasteiger partial charge in [-0.15, -0.1) is 11.3 Å². The Kier molecular flexibility index (Phi) is 4.16. The first kappa shape index (κ1) is 15.3. The fraction of sp³-hybridized carbons (Fsp3) is 0.267. The van der Waals surface area contributed by atoms with Crippen molar-refractivity contribution >= 4 is 34.2 Å². The number of carbonyl (C=O) groups excluding carboxylic acids is 3. The minimum atomic E-state index is -0.837. The molecule has 0 saturated heterocycles. The number of alkyl carbamates (subject to hydrolysis) is 1. The lowest BCUT2D eigenvalue weighted by atomic mass is 10.1. The SMILES string of the molecule is COC(=O)NC(=O)c1c(NC(=O)c2ccco2)sc2c1CCC2. The molecule has 2 N–H and O–H groups in total. The molecular formula is C15H14N2O5S. The zero-order valence-electron chi connectivity index (χ0n) is 12.3. The number of thiophene rings is 1. The van der Waals surface area contributed by atoms with Crippen LogP contribution in [0, 0.1) is 0 Å². The van der Waals surface area contributed by atoms with E-state index in [1.165, 1.54) is 30.8 Å². The van der Waals surface area contributed by atoms with Crippen LogP contribution in [0.4, 0.5) is 9.80 Å². The van der Waals surface area contributed by atoms with E-state index >= 15 is 0 Å². The number of rotatable bonds is 3. The number of furan rings is 1. The quantitative estimate of drug-likeness (QED) is 0.899. The molecule has 1 aliphatic rings. The van der Waals surface area contributed by atoms with E-state index in [2.05, 4.69) is 15.4 Å². The summed E-state index contributed by atoms with van der Waals surface area (Å²) in [6, 6.07) is 3.14. The molecule has 120 valence electrons. The van der Waals surface area contributed by atoms with Gasteiger partial charge in [0.1, 0.15) is 5.00 Å². The lowest BCUT2D eigenvalue weighted by Crippen LogP contribution is -2.31. The summed E-state index contributed by atoms with van der Waals surface area (Å²) in [5.41, 5.74) is 1.21. The van der Waals surface area contributed by atoms with Gasteiger partial charge in [0.15, 0.2) is 5.76 Å². The number of carbonyl (C=O) groups is 3. The summed E-state index contributed by atoms with van der Waals surface area (Å²) in [6.07, 6.45) is 3.11. The number of methoxy groups -OCH3 is 1. The lowest BCUT2D eigenvalue weighted by molar-refractivity contribution is 0.0937. The van der Waals surface area contributed by atoms with Crippen LogP contribution in [0.3, 0.4) is 0 Å². The number of amides is 3. The van der Waals surface area contributed by atoms with Crippen LogP contribution in [0.2, 0.25) is 0 Å². The van der Waals surface area contributed by atoms with Gasteiger partial charge >= 0.3 is 6.09 Å². The predicted octanol–water partition coefficient (Wildman–Crippen LogP) is 2.58. The average Bonchev–Trinajstić information content (AvgIpc) is 3.23. The molecule has 3 rings (SSSR count). The smallest absolute Gasteiger partial charge is 0.413 e. The summed E-state index contributed by atoms with van der Waals surface area (Å²) in [6.45, 7) is 0. The monoisotopic (exact) mass is 334 g/mol. The Morgan fingerprint density at radius 3 is 2.78 bits per heavy atom. The highest BCUT2D eigenvalue weighted by atomic mass is 32.1. The number of ether oxygens (including phenoxy) is 1. The van der Waals surface area contributed by atoms with Crippen LogP contribution < -0.4 is 10.6 Å². The third kappa shape index (κ3) is 2.98. The molecule has 0 aromatic carbocycles. The Morgan fingerprint density at radius 1 is 1.26 bits per heavy atom. The molecule has 0 saturated carbocycles. The van der Waals surface area contributed by atoms with Crippen LogP contribution in [0.25, 0.3) is 0 Å². The van der Waals surface area contributed by atoms with Crippen LogP contribution in [0.1, 0.15) is 37.8 Å². The van der Waals surface area contributed by atoms with Crippen molar-refractivity contribution in [3.05, 3.63) is 40.2 Å². The van der Waals surface area contributed by atoms with Gasteiger partial charge in [0, 0.05) is 4.88 Å². The molecule has 0 aliphatic heterocycles. The maximum atomic E-state index is 12.3. The highest BCUT2D eigenvalue weighted by Crippen LogP contribution is 2.39. The van der Waals surface area contributed by atoms with Crippen molar-refractivity contribution in [2.24, 2.45) is 0 Å². The van der Waals surface area contributed by atoms with Gasteiger partial charge < -0.3 is 14.5 Å². The Balaban J connectivity index is 1.89. The van der Waals surface area contributed by atoms with Crippen LogP contribution in [-0.4, -0.2) is 25.0 Å². The summed E-state index contributed by atoms with van der Waals surface area (Å²) in [5, 5.41) is 5.24. The number of aryl methyl sites for hydroxylation is 1. The van der Waals surface area contributed by atoms with Gasteiger partial charge in [0.25, 0.3) is 11.8 Å². The molecule has 0 fully saturated rings. The predicted molar refractivity (Wildman–Crippen MR) is 82.9 cm³/mol. The van der Waals surface area contributed by atoms with E-state index in [-0.39, 0.29) is 5.76 Å². The second-order valence-electron chi connectivity index (χ2n) is 4.94. The van der Waals surface area contributed by atoms with Gasteiger partial charge in [-0.2, -0.15) is 0 Å². The van der Waals surface area contributed by atoms with E-state index in [1.807, 2.05) is 0 Å². The van der Waals surface area contributed by atoms with Crippen molar-refractivity contribution in [3.63, 3.8) is 0 Å². The molecule has 0 spiro atoms. The van der Waals surface area contributed by atoms with Gasteiger partial charge in [0.05, 0.1) is 18.9 Å². The topological polar surface area (TPSA) is 97.6 Å². The fourth-order valence-electron chi connectivity index (χ4n) is 2.51. The van der Waals surface area contributed by atoms with E-state index in [4.69, 9.17) is 4.42 Å². The Morgan fingerprint density at radius 2 is 2.09 bits per heavy atom. The largest absolute Gasteiger partial charge is 0.459 e. The lowest BCUT2D eigenvalue weighted by Gasteiger charge is -2.07. The van der Waals surface area contributed by atoms with Crippen molar-refractivity contribution in [2.75, 3.05) is 12.4 Å². The molecule has 7 nitrogen and oxygen atoms in total. The summed E-state index contributed by atoms with van der Waals surface area (Å²) >= 11 is 1.35. The zero-order valence-corrected chi connectivity index (χ0v) is 13.1. The average molecular weight is 334 g/mol. The van der Waals surface area contributed by atoms with Gasteiger partial charge in [-0.25, -0.2) is 4.79 Å². The summed E-state index contributed by atoms with van der Waals surface area (Å²) < 4.78 is 9.49. The van der Waals surface area contributed by atoms with Crippen molar-refractivity contribution in [2.45, 2.75) is 19.3 Å². The molecule has 0 atom stereocenters. The molecule has 1 aliphatic carbocycles. The first-order chi connectivity index (χ1) is 11.1. The van der Waals surface area contributed by atoms with Crippen LogP contribution >= 0.6 is 11.3 Å². The van der Waals surface area contributed by atoms with Gasteiger partial charge in [-0.1, -0.05) is 0 Å².